The molecule has 128 valence electrons. The third-order valence-corrected chi connectivity index (χ3v) is 6.02. The Hall–Kier alpha value is -1.36. The van der Waals surface area contributed by atoms with E-state index in [0.29, 0.717) is 0 Å². The first-order chi connectivity index (χ1) is 11.5. The number of hydrogen-bond donors (Lipinski definition) is 1. The van der Waals surface area contributed by atoms with Gasteiger partial charge in [0.2, 0.25) is 0 Å². The van der Waals surface area contributed by atoms with Crippen molar-refractivity contribution >= 4 is 37.7 Å². The van der Waals surface area contributed by atoms with Gasteiger partial charge in [-0.3, -0.25) is 4.90 Å². The molecule has 0 spiro atoms. The molecular formula is C20H26BrN3. The number of rotatable bonds is 6. The molecule has 1 heterocycles. The normalized spacial score (nSPS) is 14.8. The highest BCUT2D eigenvalue weighted by Crippen LogP contribution is 2.38. The molecule has 0 fully saturated rings. The number of H-pyrrole nitrogens is 1. The Morgan fingerprint density at radius 3 is 2.33 bits per heavy atom. The molecule has 0 aliphatic rings. The number of fused-ring (bicyclic) bond motifs is 3. The van der Waals surface area contributed by atoms with Crippen molar-refractivity contribution in [2.45, 2.75) is 12.0 Å². The van der Waals surface area contributed by atoms with Crippen molar-refractivity contribution in [2.24, 2.45) is 0 Å². The Morgan fingerprint density at radius 2 is 1.67 bits per heavy atom. The van der Waals surface area contributed by atoms with E-state index in [-0.39, 0.29) is 5.54 Å². The van der Waals surface area contributed by atoms with Crippen LogP contribution in [0.2, 0.25) is 0 Å². The number of aromatic amines is 1. The Labute approximate surface area is 152 Å². The molecule has 0 saturated heterocycles. The maximum Gasteiger partial charge on any atom is 0.0585 e. The maximum atomic E-state index is 3.82. The second-order valence-electron chi connectivity index (χ2n) is 7.01. The van der Waals surface area contributed by atoms with Gasteiger partial charge in [0.1, 0.15) is 0 Å². The molecule has 24 heavy (non-hydrogen) atoms. The average Bonchev–Trinajstić information content (AvgIpc) is 2.94. The van der Waals surface area contributed by atoms with Crippen molar-refractivity contribution < 1.29 is 0 Å². The lowest BCUT2D eigenvalue weighted by Gasteiger charge is -2.40. The summed E-state index contributed by atoms with van der Waals surface area (Å²) in [6.07, 6.45) is 1.06. The van der Waals surface area contributed by atoms with Gasteiger partial charge in [-0.2, -0.15) is 0 Å². The molecule has 1 N–H and O–H groups in total. The Bertz CT molecular complexity index is 837. The van der Waals surface area contributed by atoms with Crippen LogP contribution in [-0.2, 0) is 5.54 Å². The summed E-state index contributed by atoms with van der Waals surface area (Å²) in [5.41, 5.74) is 3.77. The molecule has 0 saturated carbocycles. The van der Waals surface area contributed by atoms with Gasteiger partial charge in [-0.25, -0.2) is 0 Å². The van der Waals surface area contributed by atoms with Crippen LogP contribution in [0, 0.1) is 0 Å². The maximum absolute atomic E-state index is 3.82. The predicted octanol–water partition coefficient (Wildman–Crippen LogP) is 4.42. The molecule has 3 rings (SSSR count). The minimum Gasteiger partial charge on any atom is -0.354 e. The molecule has 3 aromatic rings. The first kappa shape index (κ1) is 17.5. The summed E-state index contributed by atoms with van der Waals surface area (Å²) in [5, 5.41) is 3.50. The van der Waals surface area contributed by atoms with E-state index in [1.807, 2.05) is 0 Å². The van der Waals surface area contributed by atoms with Crippen molar-refractivity contribution in [3.8, 4) is 0 Å². The summed E-state index contributed by atoms with van der Waals surface area (Å²) in [4.78, 5) is 8.28. The largest absolute Gasteiger partial charge is 0.354 e. The van der Waals surface area contributed by atoms with Crippen molar-refractivity contribution in [1.29, 1.82) is 0 Å². The molecule has 0 aliphatic heterocycles. The van der Waals surface area contributed by atoms with E-state index in [4.69, 9.17) is 0 Å². The zero-order valence-corrected chi connectivity index (χ0v) is 16.5. The van der Waals surface area contributed by atoms with E-state index in [9.17, 15) is 0 Å². The van der Waals surface area contributed by atoms with E-state index in [0.717, 1.165) is 18.3 Å². The van der Waals surface area contributed by atoms with E-state index in [1.165, 1.54) is 27.4 Å². The number of hydrogen-bond acceptors (Lipinski definition) is 2. The SMILES string of the molecule is CN(C)CCC(CBr)(c1cccc2c1[nH]c1ccccc12)N(C)C. The van der Waals surface area contributed by atoms with Crippen LogP contribution in [-0.4, -0.2) is 54.8 Å². The molecule has 4 heteroatoms. The zero-order valence-electron chi connectivity index (χ0n) is 14.9. The van der Waals surface area contributed by atoms with Crippen LogP contribution >= 0.6 is 15.9 Å². The molecule has 0 aliphatic carbocycles. The van der Waals surface area contributed by atoms with Crippen LogP contribution in [0.25, 0.3) is 21.8 Å². The minimum absolute atomic E-state index is 0.0509. The number of aromatic nitrogens is 1. The van der Waals surface area contributed by atoms with E-state index >= 15 is 0 Å². The quantitative estimate of drug-likeness (QED) is 0.632. The summed E-state index contributed by atoms with van der Waals surface area (Å²) in [5.74, 6) is 0. The molecule has 1 unspecified atom stereocenters. The van der Waals surface area contributed by atoms with Crippen LogP contribution in [0.5, 0.6) is 0 Å². The minimum atomic E-state index is -0.0509. The fraction of sp³-hybridized carbons (Fsp3) is 0.400. The smallest absolute Gasteiger partial charge is 0.0585 e. The highest BCUT2D eigenvalue weighted by Gasteiger charge is 2.35. The topological polar surface area (TPSA) is 22.3 Å². The lowest BCUT2D eigenvalue weighted by Crippen LogP contribution is -2.45. The van der Waals surface area contributed by atoms with Gasteiger partial charge in [0.05, 0.1) is 11.1 Å². The number of nitrogens with zero attached hydrogens (tertiary/aromatic N) is 2. The van der Waals surface area contributed by atoms with Gasteiger partial charge < -0.3 is 9.88 Å². The van der Waals surface area contributed by atoms with E-state index < -0.39 is 0 Å². The van der Waals surface area contributed by atoms with Crippen LogP contribution in [0.15, 0.2) is 42.5 Å². The van der Waals surface area contributed by atoms with Crippen molar-refractivity contribution in [3.63, 3.8) is 0 Å². The first-order valence-electron chi connectivity index (χ1n) is 8.37. The van der Waals surface area contributed by atoms with Gasteiger partial charge >= 0.3 is 0 Å². The predicted molar refractivity (Wildman–Crippen MR) is 108 cm³/mol. The van der Waals surface area contributed by atoms with Crippen molar-refractivity contribution in [1.82, 2.24) is 14.8 Å². The van der Waals surface area contributed by atoms with Crippen molar-refractivity contribution in [2.75, 3.05) is 40.1 Å². The summed E-state index contributed by atoms with van der Waals surface area (Å²) in [6.45, 7) is 1.04. The zero-order chi connectivity index (χ0) is 17.3. The van der Waals surface area contributed by atoms with Crippen LogP contribution in [0.1, 0.15) is 12.0 Å². The summed E-state index contributed by atoms with van der Waals surface area (Å²) >= 11 is 3.82. The van der Waals surface area contributed by atoms with Gasteiger partial charge in [0, 0.05) is 21.6 Å². The molecule has 1 atom stereocenters. The summed E-state index contributed by atoms with van der Waals surface area (Å²) in [7, 11) is 8.63. The van der Waals surface area contributed by atoms with Gasteiger partial charge in [-0.1, -0.05) is 52.3 Å². The Morgan fingerprint density at radius 1 is 0.958 bits per heavy atom. The van der Waals surface area contributed by atoms with Gasteiger partial charge in [-0.05, 0) is 52.8 Å². The molecule has 0 radical (unpaired) electrons. The van der Waals surface area contributed by atoms with Gasteiger partial charge in [0.15, 0.2) is 0 Å². The fourth-order valence-corrected chi connectivity index (χ4v) is 4.61. The van der Waals surface area contributed by atoms with E-state index in [1.54, 1.807) is 0 Å². The number of nitrogens with one attached hydrogen (secondary N) is 1. The van der Waals surface area contributed by atoms with Crippen molar-refractivity contribution in [3.05, 3.63) is 48.0 Å². The number of benzene rings is 2. The van der Waals surface area contributed by atoms with Crippen LogP contribution in [0.4, 0.5) is 0 Å². The number of alkyl halides is 1. The molecule has 3 nitrogen and oxygen atoms in total. The molecule has 2 aromatic carbocycles. The summed E-state index contributed by atoms with van der Waals surface area (Å²) < 4.78 is 0. The first-order valence-corrected chi connectivity index (χ1v) is 9.50. The molecule has 0 bridgehead atoms. The molecule has 0 amide bonds. The van der Waals surface area contributed by atoms with Crippen LogP contribution in [0.3, 0.4) is 0 Å². The lowest BCUT2D eigenvalue weighted by atomic mass is 9.85. The molecular weight excluding hydrogens is 362 g/mol. The van der Waals surface area contributed by atoms with Crippen LogP contribution < -0.4 is 0 Å². The summed E-state index contributed by atoms with van der Waals surface area (Å²) in [6, 6.07) is 15.2. The number of para-hydroxylation sites is 2. The third-order valence-electron chi connectivity index (χ3n) is 5.09. The standard InChI is InChI=1S/C20H26BrN3/c1-23(2)13-12-20(14-21,24(3)4)17-10-7-9-16-15-8-5-6-11-18(15)22-19(16)17/h5-11,22H,12-14H2,1-4H3. The lowest BCUT2D eigenvalue weighted by molar-refractivity contribution is 0.154. The highest BCUT2D eigenvalue weighted by atomic mass is 79.9. The number of halogens is 1. The highest BCUT2D eigenvalue weighted by molar-refractivity contribution is 9.09. The fourth-order valence-electron chi connectivity index (χ4n) is 3.53. The monoisotopic (exact) mass is 387 g/mol. The average molecular weight is 388 g/mol. The van der Waals surface area contributed by atoms with E-state index in [2.05, 4.69) is 101 Å². The third kappa shape index (κ3) is 2.87. The Kier molecular flexibility index (Phi) is 5.00. The van der Waals surface area contributed by atoms with Gasteiger partial charge in [-0.15, -0.1) is 0 Å². The molecule has 1 aromatic heterocycles. The van der Waals surface area contributed by atoms with Gasteiger partial charge in [0.25, 0.3) is 0 Å². The second-order valence-corrected chi connectivity index (χ2v) is 7.57. The Balaban J connectivity index is 2.24. The second kappa shape index (κ2) is 6.87.